The van der Waals surface area contributed by atoms with Crippen molar-refractivity contribution in [2.75, 3.05) is 11.4 Å². The smallest absolute Gasteiger partial charge is 0.337 e. The Hall–Kier alpha value is -2.21. The number of benzene rings is 1. The Labute approximate surface area is 115 Å². The standard InChI is InChI=1S/C14H15NO5/c1-7-4-5-9-10(8(7)2)15(12(17)11(9)16)6-14(3,20)13(18)19/h4-5,20H,6H2,1-3H3,(H,18,19). The van der Waals surface area contributed by atoms with Gasteiger partial charge in [-0.05, 0) is 38.0 Å². The lowest BCUT2D eigenvalue weighted by Gasteiger charge is -2.26. The number of β-amino-alcohol motifs (C(OH)–C–C–N with tert-alkyl or cyclic N) is 1. The van der Waals surface area contributed by atoms with Gasteiger partial charge in [0.15, 0.2) is 5.60 Å². The Morgan fingerprint density at radius 2 is 1.90 bits per heavy atom. The van der Waals surface area contributed by atoms with Gasteiger partial charge in [0.1, 0.15) is 0 Å². The molecule has 0 bridgehead atoms. The van der Waals surface area contributed by atoms with Gasteiger partial charge in [-0.1, -0.05) is 6.07 Å². The number of aliphatic carboxylic acids is 1. The number of anilines is 1. The number of Topliss-reactive ketones (excluding diaryl/α,β-unsaturated/α-hetero) is 1. The number of amides is 1. The fourth-order valence-corrected chi connectivity index (χ4v) is 2.20. The molecule has 6 heteroatoms. The highest BCUT2D eigenvalue weighted by Crippen LogP contribution is 2.34. The van der Waals surface area contributed by atoms with Crippen molar-refractivity contribution in [2.24, 2.45) is 0 Å². The van der Waals surface area contributed by atoms with Crippen molar-refractivity contribution in [1.82, 2.24) is 0 Å². The number of carboxylic acid groups (broad SMARTS) is 1. The number of fused-ring (bicyclic) bond motifs is 1. The first-order valence-corrected chi connectivity index (χ1v) is 6.09. The van der Waals surface area contributed by atoms with Crippen molar-refractivity contribution in [1.29, 1.82) is 0 Å². The Morgan fingerprint density at radius 1 is 1.30 bits per heavy atom. The van der Waals surface area contributed by atoms with Gasteiger partial charge in [0.2, 0.25) is 0 Å². The Morgan fingerprint density at radius 3 is 2.45 bits per heavy atom. The first-order valence-electron chi connectivity index (χ1n) is 6.09. The molecule has 1 aliphatic rings. The molecule has 2 rings (SSSR count). The minimum Gasteiger partial charge on any atom is -0.479 e. The van der Waals surface area contributed by atoms with E-state index in [9.17, 15) is 19.5 Å². The first kappa shape index (κ1) is 14.2. The van der Waals surface area contributed by atoms with Crippen LogP contribution in [-0.4, -0.2) is 40.0 Å². The summed E-state index contributed by atoms with van der Waals surface area (Å²) in [5, 5.41) is 18.8. The van der Waals surface area contributed by atoms with Gasteiger partial charge >= 0.3 is 5.97 Å². The van der Waals surface area contributed by atoms with E-state index in [1.165, 1.54) is 0 Å². The Bertz CT molecular complexity index is 633. The number of carboxylic acids is 1. The normalized spacial score (nSPS) is 17.1. The highest BCUT2D eigenvalue weighted by Gasteiger charge is 2.43. The van der Waals surface area contributed by atoms with Crippen LogP contribution in [0.25, 0.3) is 0 Å². The summed E-state index contributed by atoms with van der Waals surface area (Å²) in [6, 6.07) is 3.28. The van der Waals surface area contributed by atoms with Crippen molar-refractivity contribution in [2.45, 2.75) is 26.4 Å². The molecule has 0 radical (unpaired) electrons. The molecule has 0 aliphatic carbocycles. The third kappa shape index (κ3) is 1.98. The zero-order valence-corrected chi connectivity index (χ0v) is 11.4. The lowest BCUT2D eigenvalue weighted by atomic mass is 10.0. The van der Waals surface area contributed by atoms with E-state index in [2.05, 4.69) is 0 Å². The number of nitrogens with zero attached hydrogens (tertiary/aromatic N) is 1. The number of carbonyl (C=O) groups excluding carboxylic acids is 2. The molecule has 1 aliphatic heterocycles. The Balaban J connectivity index is 2.53. The summed E-state index contributed by atoms with van der Waals surface area (Å²) in [6.45, 7) is 4.21. The van der Waals surface area contributed by atoms with Crippen molar-refractivity contribution in [3.05, 3.63) is 28.8 Å². The van der Waals surface area contributed by atoms with Crippen molar-refractivity contribution in [3.63, 3.8) is 0 Å². The second-order valence-corrected chi connectivity index (χ2v) is 5.20. The molecule has 0 saturated carbocycles. The van der Waals surface area contributed by atoms with Gasteiger partial charge in [-0.2, -0.15) is 0 Å². The molecule has 2 N–H and O–H groups in total. The summed E-state index contributed by atoms with van der Waals surface area (Å²) in [4.78, 5) is 35.9. The van der Waals surface area contributed by atoms with Crippen LogP contribution in [0.2, 0.25) is 0 Å². The minimum atomic E-state index is -2.12. The molecule has 0 aromatic heterocycles. The monoisotopic (exact) mass is 277 g/mol. The van der Waals surface area contributed by atoms with E-state index in [0.717, 1.165) is 23.0 Å². The highest BCUT2D eigenvalue weighted by atomic mass is 16.4. The Kier molecular flexibility index (Phi) is 3.14. The fraction of sp³-hybridized carbons (Fsp3) is 0.357. The maximum atomic E-state index is 12.0. The summed E-state index contributed by atoms with van der Waals surface area (Å²) < 4.78 is 0. The van der Waals surface area contributed by atoms with Gasteiger partial charge in [-0.25, -0.2) is 4.79 Å². The predicted octanol–water partition coefficient (Wildman–Crippen LogP) is 0.668. The average Bonchev–Trinajstić information content (AvgIpc) is 2.59. The quantitative estimate of drug-likeness (QED) is 0.792. The topological polar surface area (TPSA) is 94.9 Å². The van der Waals surface area contributed by atoms with Gasteiger partial charge in [0.25, 0.3) is 11.7 Å². The number of hydrogen-bond donors (Lipinski definition) is 2. The number of aryl methyl sites for hydroxylation is 1. The molecule has 106 valence electrons. The van der Waals surface area contributed by atoms with E-state index in [1.54, 1.807) is 19.1 Å². The van der Waals surface area contributed by atoms with Crippen LogP contribution in [0.1, 0.15) is 28.4 Å². The molecule has 1 heterocycles. The lowest BCUT2D eigenvalue weighted by molar-refractivity contribution is -0.155. The second-order valence-electron chi connectivity index (χ2n) is 5.20. The summed E-state index contributed by atoms with van der Waals surface area (Å²) >= 11 is 0. The van der Waals surface area contributed by atoms with Crippen LogP contribution in [0.15, 0.2) is 12.1 Å². The SMILES string of the molecule is Cc1ccc2c(c1C)N(CC(C)(O)C(=O)O)C(=O)C2=O. The van der Waals surface area contributed by atoms with Crippen LogP contribution in [0, 0.1) is 13.8 Å². The van der Waals surface area contributed by atoms with E-state index in [4.69, 9.17) is 5.11 Å². The predicted molar refractivity (Wildman–Crippen MR) is 70.9 cm³/mol. The lowest BCUT2D eigenvalue weighted by Crippen LogP contribution is -2.48. The number of ketones is 1. The molecule has 6 nitrogen and oxygen atoms in total. The number of aliphatic hydroxyl groups is 1. The number of hydrogen-bond acceptors (Lipinski definition) is 4. The van der Waals surface area contributed by atoms with Gasteiger partial charge < -0.3 is 15.1 Å². The van der Waals surface area contributed by atoms with Gasteiger partial charge in [-0.15, -0.1) is 0 Å². The van der Waals surface area contributed by atoms with E-state index in [-0.39, 0.29) is 5.56 Å². The molecule has 1 amide bonds. The third-order valence-corrected chi connectivity index (χ3v) is 3.58. The maximum Gasteiger partial charge on any atom is 0.337 e. The summed E-state index contributed by atoms with van der Waals surface area (Å²) in [5.41, 5.74) is 0.128. The van der Waals surface area contributed by atoms with E-state index < -0.39 is 29.8 Å². The first-order chi connectivity index (χ1) is 9.16. The van der Waals surface area contributed by atoms with Crippen molar-refractivity contribution < 1.29 is 24.6 Å². The fourth-order valence-electron chi connectivity index (χ4n) is 2.20. The van der Waals surface area contributed by atoms with Crippen LogP contribution in [0.3, 0.4) is 0 Å². The molecule has 1 aromatic rings. The molecule has 0 saturated heterocycles. The van der Waals surface area contributed by atoms with Crippen molar-refractivity contribution in [3.8, 4) is 0 Å². The number of rotatable bonds is 3. The second kappa shape index (κ2) is 4.42. The highest BCUT2D eigenvalue weighted by molar-refractivity contribution is 6.52. The van der Waals surface area contributed by atoms with E-state index >= 15 is 0 Å². The largest absolute Gasteiger partial charge is 0.479 e. The zero-order valence-electron chi connectivity index (χ0n) is 11.4. The molecule has 1 aromatic carbocycles. The molecule has 1 unspecified atom stereocenters. The molecule has 20 heavy (non-hydrogen) atoms. The maximum absolute atomic E-state index is 12.0. The van der Waals surface area contributed by atoms with Crippen LogP contribution in [0.4, 0.5) is 5.69 Å². The van der Waals surface area contributed by atoms with Crippen LogP contribution in [0.5, 0.6) is 0 Å². The summed E-state index contributed by atoms with van der Waals surface area (Å²) in [6.07, 6.45) is 0. The van der Waals surface area contributed by atoms with Crippen LogP contribution < -0.4 is 4.90 Å². The van der Waals surface area contributed by atoms with Gasteiger partial charge in [0.05, 0.1) is 17.8 Å². The van der Waals surface area contributed by atoms with Gasteiger partial charge in [-0.3, -0.25) is 9.59 Å². The molecular weight excluding hydrogens is 262 g/mol. The van der Waals surface area contributed by atoms with Crippen LogP contribution >= 0.6 is 0 Å². The van der Waals surface area contributed by atoms with Crippen LogP contribution in [-0.2, 0) is 9.59 Å². The zero-order chi connectivity index (χ0) is 15.2. The van der Waals surface area contributed by atoms with Crippen molar-refractivity contribution >= 4 is 23.3 Å². The molecule has 0 spiro atoms. The van der Waals surface area contributed by atoms with E-state index in [0.29, 0.717) is 5.69 Å². The average molecular weight is 277 g/mol. The summed E-state index contributed by atoms with van der Waals surface area (Å²) in [5.74, 6) is -2.93. The molecular formula is C14H15NO5. The van der Waals surface area contributed by atoms with E-state index in [1.807, 2.05) is 6.92 Å². The molecule has 0 fully saturated rings. The minimum absolute atomic E-state index is 0.249. The third-order valence-electron chi connectivity index (χ3n) is 3.58. The summed E-state index contributed by atoms with van der Waals surface area (Å²) in [7, 11) is 0. The molecule has 1 atom stereocenters. The van der Waals surface area contributed by atoms with Gasteiger partial charge in [0, 0.05) is 0 Å². The number of carbonyl (C=O) groups is 3.